The van der Waals surface area contributed by atoms with Crippen molar-refractivity contribution in [2.24, 2.45) is 0 Å². The number of rotatable bonds is 3. The number of benzene rings is 2. The second kappa shape index (κ2) is 6.17. The maximum atomic E-state index is 13.7. The Kier molecular flexibility index (Phi) is 4.52. The van der Waals surface area contributed by atoms with Crippen LogP contribution in [0.4, 0.5) is 18.9 Å². The van der Waals surface area contributed by atoms with Gasteiger partial charge in [0.2, 0.25) is 0 Å². The highest BCUT2D eigenvalue weighted by molar-refractivity contribution is 9.10. The van der Waals surface area contributed by atoms with Crippen molar-refractivity contribution in [1.82, 2.24) is 0 Å². The van der Waals surface area contributed by atoms with Gasteiger partial charge in [-0.3, -0.25) is 4.79 Å². The predicted molar refractivity (Wildman–Crippen MR) is 75.0 cm³/mol. The summed E-state index contributed by atoms with van der Waals surface area (Å²) >= 11 is 2.82. The zero-order valence-electron chi connectivity index (χ0n) is 10.7. The number of carbonyl (C=O) groups is 1. The van der Waals surface area contributed by atoms with Crippen molar-refractivity contribution in [2.75, 3.05) is 12.4 Å². The number of ether oxygens (including phenoxy) is 1. The summed E-state index contributed by atoms with van der Waals surface area (Å²) in [4.78, 5) is 11.9. The summed E-state index contributed by atoms with van der Waals surface area (Å²) < 4.78 is 45.4. The second-order valence-corrected chi connectivity index (χ2v) is 4.90. The molecule has 0 fully saturated rings. The summed E-state index contributed by atoms with van der Waals surface area (Å²) in [5, 5.41) is 2.12. The molecular weight excluding hydrogens is 351 g/mol. The summed E-state index contributed by atoms with van der Waals surface area (Å²) in [6.07, 6.45) is 0. The van der Waals surface area contributed by atoms with Crippen LogP contribution in [0.15, 0.2) is 34.8 Å². The van der Waals surface area contributed by atoms with Crippen LogP contribution in [0.25, 0.3) is 0 Å². The van der Waals surface area contributed by atoms with Crippen LogP contribution in [0, 0.1) is 17.5 Å². The van der Waals surface area contributed by atoms with Gasteiger partial charge in [-0.1, -0.05) is 0 Å². The van der Waals surface area contributed by atoms with Crippen LogP contribution in [0.3, 0.4) is 0 Å². The van der Waals surface area contributed by atoms with E-state index >= 15 is 0 Å². The first-order chi connectivity index (χ1) is 9.92. The Balaban J connectivity index is 2.28. The Morgan fingerprint density at radius 2 is 1.81 bits per heavy atom. The molecule has 0 saturated carbocycles. The van der Waals surface area contributed by atoms with E-state index in [0.717, 1.165) is 18.2 Å². The fourth-order valence-corrected chi connectivity index (χ4v) is 1.93. The third-order valence-electron chi connectivity index (χ3n) is 2.68. The lowest BCUT2D eigenvalue weighted by Crippen LogP contribution is -2.15. The molecule has 2 aromatic carbocycles. The van der Waals surface area contributed by atoms with Crippen molar-refractivity contribution in [2.45, 2.75) is 0 Å². The Morgan fingerprint density at radius 1 is 1.10 bits per heavy atom. The zero-order valence-corrected chi connectivity index (χ0v) is 12.3. The number of hydrogen-bond donors (Lipinski definition) is 1. The highest BCUT2D eigenvalue weighted by atomic mass is 79.9. The van der Waals surface area contributed by atoms with E-state index in [1.165, 1.54) is 19.2 Å². The third kappa shape index (κ3) is 3.36. The van der Waals surface area contributed by atoms with Gasteiger partial charge in [0.1, 0.15) is 23.2 Å². The van der Waals surface area contributed by atoms with Crippen molar-refractivity contribution in [3.05, 3.63) is 57.8 Å². The van der Waals surface area contributed by atoms with Gasteiger partial charge in [0, 0.05) is 12.1 Å². The van der Waals surface area contributed by atoms with Gasteiger partial charge in [0.05, 0.1) is 22.8 Å². The molecule has 2 rings (SSSR count). The van der Waals surface area contributed by atoms with Crippen molar-refractivity contribution >= 4 is 27.5 Å². The van der Waals surface area contributed by atoms with E-state index in [2.05, 4.69) is 21.2 Å². The van der Waals surface area contributed by atoms with Crippen LogP contribution in [-0.2, 0) is 0 Å². The van der Waals surface area contributed by atoms with Crippen LogP contribution < -0.4 is 10.1 Å². The number of amides is 1. The van der Waals surface area contributed by atoms with E-state index < -0.39 is 23.4 Å². The molecule has 21 heavy (non-hydrogen) atoms. The van der Waals surface area contributed by atoms with Gasteiger partial charge in [-0.05, 0) is 34.1 Å². The van der Waals surface area contributed by atoms with Crippen molar-refractivity contribution in [3.8, 4) is 5.75 Å². The first kappa shape index (κ1) is 15.4. The maximum Gasteiger partial charge on any atom is 0.258 e. The molecule has 0 aliphatic rings. The van der Waals surface area contributed by atoms with Gasteiger partial charge in [0.15, 0.2) is 0 Å². The van der Waals surface area contributed by atoms with Crippen molar-refractivity contribution in [1.29, 1.82) is 0 Å². The van der Waals surface area contributed by atoms with E-state index in [1.54, 1.807) is 0 Å². The van der Waals surface area contributed by atoms with Gasteiger partial charge in [0.25, 0.3) is 5.91 Å². The quantitative estimate of drug-likeness (QED) is 0.836. The fraction of sp³-hybridized carbons (Fsp3) is 0.0714. The summed E-state index contributed by atoms with van der Waals surface area (Å²) in [5.74, 6) is -3.07. The van der Waals surface area contributed by atoms with Crippen molar-refractivity contribution in [3.63, 3.8) is 0 Å². The highest BCUT2D eigenvalue weighted by Gasteiger charge is 2.16. The first-order valence-corrected chi connectivity index (χ1v) is 6.51. The minimum atomic E-state index is -0.893. The molecule has 0 radical (unpaired) electrons. The summed E-state index contributed by atoms with van der Waals surface area (Å²) in [6.45, 7) is 0. The first-order valence-electron chi connectivity index (χ1n) is 5.72. The topological polar surface area (TPSA) is 38.3 Å². The van der Waals surface area contributed by atoms with Crippen LogP contribution in [-0.4, -0.2) is 13.0 Å². The molecule has 0 saturated heterocycles. The summed E-state index contributed by atoms with van der Waals surface area (Å²) in [5.41, 5.74) is -0.686. The fourth-order valence-electron chi connectivity index (χ4n) is 1.61. The SMILES string of the molecule is COc1ccc(C(=O)Nc2cc(F)c(Br)cc2F)c(F)c1. The van der Waals surface area contributed by atoms with Gasteiger partial charge in [-0.25, -0.2) is 13.2 Å². The lowest BCUT2D eigenvalue weighted by Gasteiger charge is -2.09. The van der Waals surface area contributed by atoms with Gasteiger partial charge < -0.3 is 10.1 Å². The van der Waals surface area contributed by atoms with Crippen molar-refractivity contribution < 1.29 is 22.7 Å². The molecule has 0 heterocycles. The molecule has 0 aromatic heterocycles. The second-order valence-electron chi connectivity index (χ2n) is 4.05. The van der Waals surface area contributed by atoms with Gasteiger partial charge in [-0.15, -0.1) is 0 Å². The molecule has 0 atom stereocenters. The standard InChI is InChI=1S/C14H9BrF3NO2/c1-21-7-2-3-8(10(16)4-7)14(20)19-13-6-11(17)9(15)5-12(13)18/h2-6H,1H3,(H,19,20). The van der Waals surface area contributed by atoms with E-state index in [0.29, 0.717) is 0 Å². The molecule has 110 valence electrons. The van der Waals surface area contributed by atoms with Gasteiger partial charge >= 0.3 is 0 Å². The Hall–Kier alpha value is -2.02. The monoisotopic (exact) mass is 359 g/mol. The normalized spacial score (nSPS) is 10.3. The molecule has 0 bridgehead atoms. The molecule has 7 heteroatoms. The number of hydrogen-bond acceptors (Lipinski definition) is 2. The Labute approximate surface area is 126 Å². The lowest BCUT2D eigenvalue weighted by molar-refractivity contribution is 0.102. The lowest BCUT2D eigenvalue weighted by atomic mass is 10.2. The predicted octanol–water partition coefficient (Wildman–Crippen LogP) is 4.13. The third-order valence-corrected chi connectivity index (χ3v) is 3.29. The minimum Gasteiger partial charge on any atom is -0.497 e. The molecule has 0 spiro atoms. The molecule has 2 aromatic rings. The number of nitrogens with one attached hydrogen (secondary N) is 1. The minimum absolute atomic E-state index is 0.0753. The largest absolute Gasteiger partial charge is 0.497 e. The molecule has 3 nitrogen and oxygen atoms in total. The molecule has 0 aliphatic carbocycles. The van der Waals surface area contributed by atoms with E-state index in [4.69, 9.17) is 4.74 Å². The molecular formula is C14H9BrF3NO2. The highest BCUT2D eigenvalue weighted by Crippen LogP contribution is 2.24. The molecule has 1 amide bonds. The zero-order chi connectivity index (χ0) is 15.6. The number of anilines is 1. The molecule has 0 aliphatic heterocycles. The maximum absolute atomic E-state index is 13.7. The van der Waals surface area contributed by atoms with Crippen LogP contribution in [0.5, 0.6) is 5.75 Å². The Bertz CT molecular complexity index is 707. The number of methoxy groups -OCH3 is 1. The molecule has 1 N–H and O–H groups in total. The molecule has 0 unspecified atom stereocenters. The van der Waals surface area contributed by atoms with E-state index in [-0.39, 0.29) is 21.5 Å². The average molecular weight is 360 g/mol. The summed E-state index contributed by atoms with van der Waals surface area (Å²) in [6, 6.07) is 5.27. The summed E-state index contributed by atoms with van der Waals surface area (Å²) in [7, 11) is 1.36. The average Bonchev–Trinajstić information content (AvgIpc) is 2.44. The van der Waals surface area contributed by atoms with Gasteiger partial charge in [-0.2, -0.15) is 0 Å². The van der Waals surface area contributed by atoms with E-state index in [1.807, 2.05) is 0 Å². The number of halogens is 4. The smallest absolute Gasteiger partial charge is 0.258 e. The van der Waals surface area contributed by atoms with Crippen LogP contribution in [0.2, 0.25) is 0 Å². The van der Waals surface area contributed by atoms with E-state index in [9.17, 15) is 18.0 Å². The van der Waals surface area contributed by atoms with Crippen LogP contribution >= 0.6 is 15.9 Å². The number of carbonyl (C=O) groups excluding carboxylic acids is 1. The van der Waals surface area contributed by atoms with Crippen LogP contribution in [0.1, 0.15) is 10.4 Å². The Morgan fingerprint density at radius 3 is 2.43 bits per heavy atom.